The van der Waals surface area contributed by atoms with E-state index in [-0.39, 0.29) is 24.0 Å². The smallest absolute Gasteiger partial charge is 0.188 e. The lowest BCUT2D eigenvalue weighted by atomic mass is 10.1. The minimum absolute atomic E-state index is 0. The zero-order valence-corrected chi connectivity index (χ0v) is 15.0. The first-order valence-corrected chi connectivity index (χ1v) is 6.81. The van der Waals surface area contributed by atoms with Crippen molar-refractivity contribution in [2.75, 3.05) is 13.7 Å². The Morgan fingerprint density at radius 1 is 1.43 bits per heavy atom. The van der Waals surface area contributed by atoms with Crippen molar-refractivity contribution in [1.82, 2.24) is 10.3 Å². The minimum atomic E-state index is 0. The van der Waals surface area contributed by atoms with Crippen molar-refractivity contribution in [3.63, 3.8) is 0 Å². The number of hydrogen-bond donors (Lipinski definition) is 3. The Morgan fingerprint density at radius 2 is 2.19 bits per heavy atom. The Bertz CT molecular complexity index is 607. The molecule has 0 aliphatic heterocycles. The van der Waals surface area contributed by atoms with E-state index >= 15 is 0 Å². The monoisotopic (exact) mass is 402 g/mol. The predicted molar refractivity (Wildman–Crippen MR) is 98.7 cm³/mol. The molecule has 0 saturated carbocycles. The molecule has 0 unspecified atom stereocenters. The highest BCUT2D eigenvalue weighted by Gasteiger charge is 2.08. The van der Waals surface area contributed by atoms with Gasteiger partial charge in [-0.1, -0.05) is 6.07 Å². The zero-order chi connectivity index (χ0) is 14.5. The number of nitrogens with zero attached hydrogens (tertiary/aromatic N) is 1. The van der Waals surface area contributed by atoms with Gasteiger partial charge >= 0.3 is 0 Å². The molecule has 5 nitrogen and oxygen atoms in total. The van der Waals surface area contributed by atoms with Crippen molar-refractivity contribution >= 4 is 40.8 Å². The molecule has 1 aromatic heterocycles. The van der Waals surface area contributed by atoms with Crippen molar-refractivity contribution in [2.24, 2.45) is 10.7 Å². The van der Waals surface area contributed by atoms with Crippen LogP contribution in [-0.2, 0) is 6.42 Å². The highest BCUT2D eigenvalue weighted by molar-refractivity contribution is 14.0. The van der Waals surface area contributed by atoms with Crippen LogP contribution >= 0.6 is 24.0 Å². The van der Waals surface area contributed by atoms with Crippen LogP contribution in [0, 0.1) is 0 Å². The molecular formula is C15H23IN4O. The van der Waals surface area contributed by atoms with Crippen LogP contribution < -0.4 is 15.8 Å². The predicted octanol–water partition coefficient (Wildman–Crippen LogP) is 2.65. The molecule has 6 heteroatoms. The minimum Gasteiger partial charge on any atom is -0.496 e. The van der Waals surface area contributed by atoms with Gasteiger partial charge in [0, 0.05) is 29.7 Å². The van der Waals surface area contributed by atoms with E-state index in [4.69, 9.17) is 10.5 Å². The number of aromatic amines is 1. The topological polar surface area (TPSA) is 75.4 Å². The van der Waals surface area contributed by atoms with Crippen LogP contribution in [-0.4, -0.2) is 30.6 Å². The molecule has 0 spiro atoms. The maximum Gasteiger partial charge on any atom is 0.188 e. The second kappa shape index (κ2) is 8.11. The number of aromatic nitrogens is 1. The highest BCUT2D eigenvalue weighted by atomic mass is 127. The average molecular weight is 402 g/mol. The van der Waals surface area contributed by atoms with Gasteiger partial charge in [-0.2, -0.15) is 0 Å². The number of nitrogens with two attached hydrogens (primary N) is 1. The SMILES string of the molecule is COc1cccc2[nH]cc(CCN=C(N)NC(C)C)c12.I. The number of benzene rings is 1. The Hall–Kier alpha value is -1.44. The third-order valence-corrected chi connectivity index (χ3v) is 3.07. The molecule has 2 rings (SSSR count). The summed E-state index contributed by atoms with van der Waals surface area (Å²) in [6.45, 7) is 4.72. The Balaban J connectivity index is 0.00000220. The summed E-state index contributed by atoms with van der Waals surface area (Å²) in [6, 6.07) is 6.29. The van der Waals surface area contributed by atoms with Crippen LogP contribution in [0.5, 0.6) is 5.75 Å². The number of methoxy groups -OCH3 is 1. The van der Waals surface area contributed by atoms with Crippen LogP contribution in [0.1, 0.15) is 19.4 Å². The van der Waals surface area contributed by atoms with Crippen LogP contribution in [0.15, 0.2) is 29.4 Å². The quantitative estimate of drug-likeness (QED) is 0.409. The number of hydrogen-bond acceptors (Lipinski definition) is 2. The summed E-state index contributed by atoms with van der Waals surface area (Å²) in [5.41, 5.74) is 8.06. The van der Waals surface area contributed by atoms with Crippen molar-refractivity contribution in [2.45, 2.75) is 26.3 Å². The molecule has 0 amide bonds. The third-order valence-electron chi connectivity index (χ3n) is 3.07. The summed E-state index contributed by atoms with van der Waals surface area (Å²) < 4.78 is 5.41. The second-order valence-corrected chi connectivity index (χ2v) is 5.01. The lowest BCUT2D eigenvalue weighted by Crippen LogP contribution is -2.36. The molecule has 0 atom stereocenters. The van der Waals surface area contributed by atoms with Crippen molar-refractivity contribution in [3.05, 3.63) is 30.0 Å². The van der Waals surface area contributed by atoms with E-state index in [1.807, 2.05) is 38.2 Å². The average Bonchev–Trinajstić information content (AvgIpc) is 2.81. The van der Waals surface area contributed by atoms with Gasteiger partial charge in [0.25, 0.3) is 0 Å². The largest absolute Gasteiger partial charge is 0.496 e. The molecule has 0 aliphatic rings. The van der Waals surface area contributed by atoms with Crippen molar-refractivity contribution in [1.29, 1.82) is 0 Å². The summed E-state index contributed by atoms with van der Waals surface area (Å²) in [5, 5.41) is 4.20. The Kier molecular flexibility index (Phi) is 6.80. The number of guanidine groups is 1. The molecule has 21 heavy (non-hydrogen) atoms. The van der Waals surface area contributed by atoms with Crippen LogP contribution in [0.4, 0.5) is 0 Å². The number of ether oxygens (including phenoxy) is 1. The number of H-pyrrole nitrogens is 1. The molecule has 0 saturated heterocycles. The third kappa shape index (κ3) is 4.52. The number of aliphatic imine (C=N–C) groups is 1. The normalized spacial score (nSPS) is 11.5. The fourth-order valence-electron chi connectivity index (χ4n) is 2.23. The van der Waals surface area contributed by atoms with Gasteiger partial charge in [-0.05, 0) is 38.0 Å². The first kappa shape index (κ1) is 17.6. The number of nitrogens with one attached hydrogen (secondary N) is 2. The molecule has 0 aliphatic carbocycles. The van der Waals surface area contributed by atoms with E-state index < -0.39 is 0 Å². The van der Waals surface area contributed by atoms with Crippen molar-refractivity contribution in [3.8, 4) is 5.75 Å². The van der Waals surface area contributed by atoms with Gasteiger partial charge in [-0.3, -0.25) is 4.99 Å². The Morgan fingerprint density at radius 3 is 2.86 bits per heavy atom. The number of rotatable bonds is 5. The first-order valence-electron chi connectivity index (χ1n) is 6.81. The summed E-state index contributed by atoms with van der Waals surface area (Å²) in [6.07, 6.45) is 2.83. The second-order valence-electron chi connectivity index (χ2n) is 5.01. The lowest BCUT2D eigenvalue weighted by Gasteiger charge is -2.08. The lowest BCUT2D eigenvalue weighted by molar-refractivity contribution is 0.419. The molecule has 0 fully saturated rings. The highest BCUT2D eigenvalue weighted by Crippen LogP contribution is 2.28. The van der Waals surface area contributed by atoms with E-state index in [1.165, 1.54) is 5.56 Å². The summed E-state index contributed by atoms with van der Waals surface area (Å²) >= 11 is 0. The number of halogens is 1. The van der Waals surface area contributed by atoms with Gasteiger partial charge in [0.05, 0.1) is 7.11 Å². The Labute approximate surface area is 142 Å². The van der Waals surface area contributed by atoms with Crippen LogP contribution in [0.3, 0.4) is 0 Å². The molecule has 0 radical (unpaired) electrons. The van der Waals surface area contributed by atoms with Gasteiger partial charge in [0.1, 0.15) is 5.75 Å². The summed E-state index contributed by atoms with van der Waals surface area (Å²) in [4.78, 5) is 7.59. The molecule has 1 heterocycles. The maximum atomic E-state index is 5.79. The zero-order valence-electron chi connectivity index (χ0n) is 12.6. The standard InChI is InChI=1S/C15H22N4O.HI/c1-10(2)19-15(16)17-8-7-11-9-18-12-5-4-6-13(20-3)14(11)12;/h4-6,9-10,18H,7-8H2,1-3H3,(H3,16,17,19);1H. The van der Waals surface area contributed by atoms with E-state index in [1.54, 1.807) is 7.11 Å². The fourth-order valence-corrected chi connectivity index (χ4v) is 2.23. The molecular weight excluding hydrogens is 379 g/mol. The fraction of sp³-hybridized carbons (Fsp3) is 0.400. The van der Waals surface area contributed by atoms with E-state index in [0.29, 0.717) is 18.5 Å². The molecule has 0 bridgehead atoms. The van der Waals surface area contributed by atoms with E-state index in [0.717, 1.165) is 23.1 Å². The van der Waals surface area contributed by atoms with Gasteiger partial charge in [0.15, 0.2) is 5.96 Å². The van der Waals surface area contributed by atoms with Gasteiger partial charge in [-0.25, -0.2) is 0 Å². The van der Waals surface area contributed by atoms with Crippen LogP contribution in [0.25, 0.3) is 10.9 Å². The van der Waals surface area contributed by atoms with Crippen molar-refractivity contribution < 1.29 is 4.74 Å². The maximum absolute atomic E-state index is 5.79. The molecule has 116 valence electrons. The molecule has 1 aromatic carbocycles. The van der Waals surface area contributed by atoms with E-state index in [2.05, 4.69) is 15.3 Å². The van der Waals surface area contributed by atoms with Gasteiger partial charge < -0.3 is 20.8 Å². The van der Waals surface area contributed by atoms with E-state index in [9.17, 15) is 0 Å². The van der Waals surface area contributed by atoms with Gasteiger partial charge in [0.2, 0.25) is 0 Å². The first-order chi connectivity index (χ1) is 9.61. The summed E-state index contributed by atoms with van der Waals surface area (Å²) in [7, 11) is 1.69. The number of fused-ring (bicyclic) bond motifs is 1. The van der Waals surface area contributed by atoms with Gasteiger partial charge in [-0.15, -0.1) is 24.0 Å². The van der Waals surface area contributed by atoms with Crippen LogP contribution in [0.2, 0.25) is 0 Å². The molecule has 2 aromatic rings. The molecule has 4 N–H and O–H groups in total. The summed E-state index contributed by atoms with van der Waals surface area (Å²) in [5.74, 6) is 1.38.